The van der Waals surface area contributed by atoms with Crippen LogP contribution in [0.3, 0.4) is 0 Å². The molecule has 0 bridgehead atoms. The fourth-order valence-electron chi connectivity index (χ4n) is 3.60. The number of rotatable bonds is 5. The van der Waals surface area contributed by atoms with Crippen LogP contribution in [-0.2, 0) is 11.3 Å². The molecular weight excluding hydrogens is 352 g/mol. The van der Waals surface area contributed by atoms with E-state index < -0.39 is 0 Å². The summed E-state index contributed by atoms with van der Waals surface area (Å²) in [6.07, 6.45) is 6.99. The molecule has 1 aliphatic heterocycles. The third-order valence-corrected chi connectivity index (χ3v) is 5.01. The number of benzene rings is 1. The predicted octanol–water partition coefficient (Wildman–Crippen LogP) is 2.88. The Hall–Kier alpha value is -3.22. The lowest BCUT2D eigenvalue weighted by Crippen LogP contribution is -2.41. The van der Waals surface area contributed by atoms with E-state index in [1.165, 1.54) is 5.56 Å². The molecule has 144 valence electrons. The molecule has 0 spiro atoms. The van der Waals surface area contributed by atoms with Gasteiger partial charge in [-0.15, -0.1) is 0 Å². The summed E-state index contributed by atoms with van der Waals surface area (Å²) in [6, 6.07) is 11.9. The maximum absolute atomic E-state index is 12.9. The van der Waals surface area contributed by atoms with Gasteiger partial charge < -0.3 is 10.2 Å². The summed E-state index contributed by atoms with van der Waals surface area (Å²) >= 11 is 0. The minimum Gasteiger partial charge on any atom is -0.340 e. The molecule has 3 aromatic rings. The van der Waals surface area contributed by atoms with Crippen molar-refractivity contribution in [3.8, 4) is 0 Å². The fraction of sp³-hybridized carbons (Fsp3) is 0.333. The van der Waals surface area contributed by atoms with E-state index in [1.54, 1.807) is 24.7 Å². The van der Waals surface area contributed by atoms with E-state index in [1.807, 2.05) is 16.8 Å². The molecule has 3 heterocycles. The van der Waals surface area contributed by atoms with Gasteiger partial charge in [0.25, 0.3) is 0 Å². The predicted molar refractivity (Wildman–Crippen MR) is 108 cm³/mol. The number of amides is 1. The van der Waals surface area contributed by atoms with Crippen LogP contribution in [-0.4, -0.2) is 38.7 Å². The van der Waals surface area contributed by atoms with Gasteiger partial charge in [-0.25, -0.2) is 14.6 Å². The number of aryl methyl sites for hydroxylation is 1. The first-order valence-corrected chi connectivity index (χ1v) is 9.59. The number of hydrogen-bond acceptors (Lipinski definition) is 5. The van der Waals surface area contributed by atoms with Gasteiger partial charge in [0, 0.05) is 31.5 Å². The van der Waals surface area contributed by atoms with Crippen molar-refractivity contribution >= 4 is 17.7 Å². The molecule has 1 unspecified atom stereocenters. The molecule has 1 aromatic carbocycles. The topological polar surface area (TPSA) is 75.9 Å². The molecule has 0 saturated carbocycles. The number of piperidine rings is 1. The molecule has 2 aromatic heterocycles. The highest BCUT2D eigenvalue weighted by molar-refractivity contribution is 5.92. The molecule has 1 aliphatic rings. The van der Waals surface area contributed by atoms with Crippen LogP contribution in [0.2, 0.25) is 0 Å². The Bertz CT molecular complexity index is 939. The summed E-state index contributed by atoms with van der Waals surface area (Å²) in [4.78, 5) is 23.6. The summed E-state index contributed by atoms with van der Waals surface area (Å²) in [7, 11) is 0. The molecule has 1 fully saturated rings. The van der Waals surface area contributed by atoms with Crippen molar-refractivity contribution in [2.24, 2.45) is 5.92 Å². The van der Waals surface area contributed by atoms with E-state index in [4.69, 9.17) is 0 Å². The summed E-state index contributed by atoms with van der Waals surface area (Å²) in [5, 5.41) is 7.43. The van der Waals surface area contributed by atoms with Gasteiger partial charge in [0.05, 0.1) is 18.7 Å². The van der Waals surface area contributed by atoms with Crippen molar-refractivity contribution in [1.82, 2.24) is 19.7 Å². The second kappa shape index (κ2) is 8.21. The van der Waals surface area contributed by atoms with Gasteiger partial charge in [0.2, 0.25) is 11.9 Å². The van der Waals surface area contributed by atoms with Gasteiger partial charge in [-0.2, -0.15) is 5.10 Å². The van der Waals surface area contributed by atoms with Gasteiger partial charge >= 0.3 is 0 Å². The minimum atomic E-state index is -0.0973. The lowest BCUT2D eigenvalue weighted by molar-refractivity contribution is -0.120. The Morgan fingerprint density at radius 2 is 2.04 bits per heavy atom. The van der Waals surface area contributed by atoms with E-state index in [2.05, 4.69) is 50.4 Å². The zero-order chi connectivity index (χ0) is 19.3. The number of carbonyl (C=O) groups is 1. The van der Waals surface area contributed by atoms with Crippen molar-refractivity contribution < 1.29 is 4.79 Å². The quantitative estimate of drug-likeness (QED) is 0.741. The van der Waals surface area contributed by atoms with Gasteiger partial charge in [0.1, 0.15) is 5.82 Å². The normalized spacial score (nSPS) is 16.8. The highest BCUT2D eigenvalue weighted by atomic mass is 16.2. The molecule has 1 atom stereocenters. The number of aromatic nitrogens is 4. The largest absolute Gasteiger partial charge is 0.340 e. The van der Waals surface area contributed by atoms with Crippen LogP contribution in [0.1, 0.15) is 24.0 Å². The molecule has 1 saturated heterocycles. The van der Waals surface area contributed by atoms with Crippen molar-refractivity contribution in [2.75, 3.05) is 23.3 Å². The molecule has 28 heavy (non-hydrogen) atoms. The first-order valence-electron chi connectivity index (χ1n) is 9.59. The summed E-state index contributed by atoms with van der Waals surface area (Å²) in [6.45, 7) is 4.19. The minimum absolute atomic E-state index is 0.0200. The van der Waals surface area contributed by atoms with Crippen molar-refractivity contribution in [2.45, 2.75) is 26.3 Å². The number of hydrogen-bond donors (Lipinski definition) is 1. The maximum Gasteiger partial charge on any atom is 0.230 e. The second-order valence-electron chi connectivity index (χ2n) is 7.19. The Kier molecular flexibility index (Phi) is 5.32. The zero-order valence-electron chi connectivity index (χ0n) is 16.0. The van der Waals surface area contributed by atoms with E-state index >= 15 is 0 Å². The Morgan fingerprint density at radius 3 is 2.86 bits per heavy atom. The summed E-state index contributed by atoms with van der Waals surface area (Å²) in [5.74, 6) is 1.33. The molecule has 7 nitrogen and oxygen atoms in total. The van der Waals surface area contributed by atoms with Crippen LogP contribution in [0, 0.1) is 12.8 Å². The monoisotopic (exact) mass is 376 g/mol. The van der Waals surface area contributed by atoms with Crippen molar-refractivity contribution in [3.05, 3.63) is 66.1 Å². The first-order chi connectivity index (χ1) is 13.7. The van der Waals surface area contributed by atoms with Gasteiger partial charge in [-0.05, 0) is 31.4 Å². The molecular formula is C21H24N6O. The van der Waals surface area contributed by atoms with Gasteiger partial charge in [0.15, 0.2) is 0 Å². The first kappa shape index (κ1) is 18.2. The van der Waals surface area contributed by atoms with Gasteiger partial charge in [-0.3, -0.25) is 4.79 Å². The van der Waals surface area contributed by atoms with E-state index in [0.717, 1.165) is 30.8 Å². The van der Waals surface area contributed by atoms with Crippen LogP contribution in [0.25, 0.3) is 0 Å². The van der Waals surface area contributed by atoms with Crippen LogP contribution in [0.15, 0.2) is 55.0 Å². The lowest BCUT2D eigenvalue weighted by Gasteiger charge is -2.31. The SMILES string of the molecule is Cc1cccc(Cn2nccc2NC(=O)C2CCCN(c3ncccn3)C2)c1. The fourth-order valence-corrected chi connectivity index (χ4v) is 3.60. The van der Waals surface area contributed by atoms with Crippen LogP contribution in [0.4, 0.5) is 11.8 Å². The highest BCUT2D eigenvalue weighted by Crippen LogP contribution is 2.22. The molecule has 1 amide bonds. The van der Waals surface area contributed by atoms with E-state index in [0.29, 0.717) is 19.0 Å². The molecule has 1 N–H and O–H groups in total. The van der Waals surface area contributed by atoms with E-state index in [-0.39, 0.29) is 11.8 Å². The maximum atomic E-state index is 12.9. The second-order valence-corrected chi connectivity index (χ2v) is 7.19. The van der Waals surface area contributed by atoms with Crippen LogP contribution >= 0.6 is 0 Å². The molecule has 0 radical (unpaired) electrons. The molecule has 4 rings (SSSR count). The number of nitrogens with one attached hydrogen (secondary N) is 1. The summed E-state index contributed by atoms with van der Waals surface area (Å²) < 4.78 is 1.83. The Labute approximate surface area is 164 Å². The number of anilines is 2. The molecule has 0 aliphatic carbocycles. The average Bonchev–Trinajstić information content (AvgIpc) is 3.15. The number of carbonyl (C=O) groups excluding carboxylic acids is 1. The smallest absolute Gasteiger partial charge is 0.230 e. The van der Waals surface area contributed by atoms with Gasteiger partial charge in [-0.1, -0.05) is 29.8 Å². The Morgan fingerprint density at radius 1 is 1.18 bits per heavy atom. The average molecular weight is 376 g/mol. The zero-order valence-corrected chi connectivity index (χ0v) is 16.0. The van der Waals surface area contributed by atoms with Crippen LogP contribution in [0.5, 0.6) is 0 Å². The third-order valence-electron chi connectivity index (χ3n) is 5.01. The van der Waals surface area contributed by atoms with Crippen molar-refractivity contribution in [3.63, 3.8) is 0 Å². The number of nitrogens with zero attached hydrogens (tertiary/aromatic N) is 5. The van der Waals surface area contributed by atoms with E-state index in [9.17, 15) is 4.79 Å². The lowest BCUT2D eigenvalue weighted by atomic mass is 9.97. The summed E-state index contributed by atoms with van der Waals surface area (Å²) in [5.41, 5.74) is 2.37. The Balaban J connectivity index is 1.42. The highest BCUT2D eigenvalue weighted by Gasteiger charge is 2.27. The van der Waals surface area contributed by atoms with Crippen molar-refractivity contribution in [1.29, 1.82) is 0 Å². The standard InChI is InChI=1S/C21H24N6O/c1-16-5-2-6-17(13-16)14-27-19(8-11-24-27)25-20(28)18-7-3-12-26(15-18)21-22-9-4-10-23-21/h2,4-6,8-11,13,18H,3,7,12,14-15H2,1H3,(H,25,28). The third kappa shape index (κ3) is 4.19. The van der Waals surface area contributed by atoms with Crippen LogP contribution < -0.4 is 10.2 Å². The molecule has 7 heteroatoms.